The van der Waals surface area contributed by atoms with Gasteiger partial charge in [0.25, 0.3) is 5.82 Å². The second kappa shape index (κ2) is 7.49. The molecular weight excluding hydrogens is 423 g/mol. The number of nitrogens with one attached hydrogen (secondary N) is 1. The molecule has 0 fully saturated rings. The fourth-order valence-electron chi connectivity index (χ4n) is 3.19. The van der Waals surface area contributed by atoms with Gasteiger partial charge >= 0.3 is 12.1 Å². The summed E-state index contributed by atoms with van der Waals surface area (Å²) in [7, 11) is 1.21. The number of carbonyl (C=O) groups is 1. The van der Waals surface area contributed by atoms with Crippen molar-refractivity contribution >= 4 is 17.6 Å². The summed E-state index contributed by atoms with van der Waals surface area (Å²) in [4.78, 5) is 15.1. The Hall–Kier alpha value is -3.76. The normalized spacial score (nSPS) is 15.7. The van der Waals surface area contributed by atoms with Crippen molar-refractivity contribution < 1.29 is 31.5 Å². The van der Waals surface area contributed by atoms with Gasteiger partial charge in [-0.1, -0.05) is 18.2 Å². The number of methoxy groups -OCH3 is 1. The minimum atomic E-state index is -4.82. The van der Waals surface area contributed by atoms with Gasteiger partial charge in [-0.2, -0.15) is 18.2 Å². The maximum Gasteiger partial charge on any atom is 0.453 e. The average Bonchev–Trinajstić information content (AvgIpc) is 3.17. The molecule has 0 unspecified atom stereocenters. The van der Waals surface area contributed by atoms with Crippen LogP contribution in [0.15, 0.2) is 48.5 Å². The fourth-order valence-corrected chi connectivity index (χ4v) is 3.19. The monoisotopic (exact) mass is 436 g/mol. The molecule has 0 aliphatic carbocycles. The van der Waals surface area contributed by atoms with Gasteiger partial charge in [0.2, 0.25) is 5.95 Å². The summed E-state index contributed by atoms with van der Waals surface area (Å²) < 4.78 is 73.8. The maximum absolute atomic E-state index is 14.3. The second-order valence-corrected chi connectivity index (χ2v) is 6.56. The van der Waals surface area contributed by atoms with Crippen molar-refractivity contribution in [2.75, 3.05) is 12.4 Å². The molecule has 1 N–H and O–H groups in total. The molecule has 2 heterocycles. The fraction of sp³-hybridized carbons (Fsp3) is 0.150. The van der Waals surface area contributed by atoms with Gasteiger partial charge in [-0.3, -0.25) is 0 Å². The van der Waals surface area contributed by atoms with Crippen molar-refractivity contribution in [2.45, 2.75) is 12.2 Å². The Morgan fingerprint density at radius 1 is 1.10 bits per heavy atom. The average molecular weight is 436 g/mol. The highest BCUT2D eigenvalue weighted by atomic mass is 19.4. The predicted molar refractivity (Wildman–Crippen MR) is 98.9 cm³/mol. The van der Waals surface area contributed by atoms with Crippen molar-refractivity contribution in [2.24, 2.45) is 0 Å². The molecule has 0 spiro atoms. The lowest BCUT2D eigenvalue weighted by molar-refractivity contribution is -0.145. The number of anilines is 1. The number of aromatic nitrogens is 3. The largest absolute Gasteiger partial charge is 0.465 e. The van der Waals surface area contributed by atoms with E-state index in [1.807, 2.05) is 0 Å². The zero-order valence-corrected chi connectivity index (χ0v) is 15.7. The van der Waals surface area contributed by atoms with Crippen molar-refractivity contribution in [3.63, 3.8) is 0 Å². The Morgan fingerprint density at radius 3 is 2.32 bits per heavy atom. The van der Waals surface area contributed by atoms with E-state index in [2.05, 4.69) is 20.1 Å². The second-order valence-electron chi connectivity index (χ2n) is 6.56. The number of hydrogen-bond acceptors (Lipinski definition) is 5. The number of ether oxygens (including phenoxy) is 1. The molecule has 1 atom stereocenters. The predicted octanol–water partition coefficient (Wildman–Crippen LogP) is 4.42. The van der Waals surface area contributed by atoms with Crippen molar-refractivity contribution in [3.05, 3.63) is 82.7 Å². The van der Waals surface area contributed by atoms with Crippen LogP contribution in [0.4, 0.5) is 27.9 Å². The maximum atomic E-state index is 14.3. The molecule has 6 nitrogen and oxygen atoms in total. The van der Waals surface area contributed by atoms with Crippen LogP contribution in [0, 0.1) is 11.6 Å². The first kappa shape index (κ1) is 20.5. The van der Waals surface area contributed by atoms with Gasteiger partial charge in [-0.05, 0) is 35.9 Å². The zero-order valence-electron chi connectivity index (χ0n) is 15.7. The third-order valence-corrected chi connectivity index (χ3v) is 4.62. The van der Waals surface area contributed by atoms with Crippen LogP contribution in [-0.2, 0) is 10.9 Å². The minimum absolute atomic E-state index is 0.105. The Labute approximate surface area is 172 Å². The summed E-state index contributed by atoms with van der Waals surface area (Å²) in [5.74, 6) is -4.14. The number of benzene rings is 2. The third kappa shape index (κ3) is 3.74. The highest BCUT2D eigenvalue weighted by molar-refractivity contribution is 5.89. The standard InChI is InChI=1S/C20H13F5N4O2/c1-31-17(30)11-7-5-10(6-8-11)15-9-14(16-12(21)3-2-4-13(16)22)26-19-27-18(20(23,24)25)28-29(15)19/h2-9,15H,1H3,(H,26,27,28)/t15-/m0/s1. The molecule has 3 aromatic rings. The van der Waals surface area contributed by atoms with Crippen LogP contribution in [-0.4, -0.2) is 27.8 Å². The molecule has 0 saturated heterocycles. The van der Waals surface area contributed by atoms with E-state index in [1.165, 1.54) is 43.5 Å². The molecule has 1 aliphatic heterocycles. The van der Waals surface area contributed by atoms with Crippen LogP contribution in [0.1, 0.15) is 33.4 Å². The van der Waals surface area contributed by atoms with Crippen LogP contribution in [0.3, 0.4) is 0 Å². The van der Waals surface area contributed by atoms with Crippen LogP contribution in [0.2, 0.25) is 0 Å². The molecule has 11 heteroatoms. The highest BCUT2D eigenvalue weighted by Crippen LogP contribution is 2.36. The summed E-state index contributed by atoms with van der Waals surface area (Å²) in [5.41, 5.74) is 0.0790. The molecule has 0 radical (unpaired) electrons. The molecule has 1 aromatic heterocycles. The van der Waals surface area contributed by atoms with E-state index in [0.717, 1.165) is 16.8 Å². The molecule has 160 valence electrons. The van der Waals surface area contributed by atoms with Crippen molar-refractivity contribution in [1.82, 2.24) is 14.8 Å². The van der Waals surface area contributed by atoms with Gasteiger partial charge in [-0.25, -0.2) is 18.3 Å². The minimum Gasteiger partial charge on any atom is -0.465 e. The molecule has 0 amide bonds. The van der Waals surface area contributed by atoms with Crippen molar-refractivity contribution in [3.8, 4) is 0 Å². The summed E-state index contributed by atoms with van der Waals surface area (Å²) in [6.45, 7) is 0. The highest BCUT2D eigenvalue weighted by Gasteiger charge is 2.39. The summed E-state index contributed by atoms with van der Waals surface area (Å²) in [5, 5.41) is 6.04. The van der Waals surface area contributed by atoms with Crippen LogP contribution >= 0.6 is 0 Å². The number of allylic oxidation sites excluding steroid dienone is 1. The van der Waals surface area contributed by atoms with E-state index >= 15 is 0 Å². The van der Waals surface area contributed by atoms with E-state index in [0.29, 0.717) is 5.56 Å². The molecule has 2 aromatic carbocycles. The van der Waals surface area contributed by atoms with Gasteiger partial charge in [0, 0.05) is 0 Å². The lowest BCUT2D eigenvalue weighted by Crippen LogP contribution is -2.21. The summed E-state index contributed by atoms with van der Waals surface area (Å²) in [6.07, 6.45) is -3.49. The molecule has 4 rings (SSSR count). The number of rotatable bonds is 3. The Bertz CT molecular complexity index is 1170. The number of esters is 1. The first-order valence-corrected chi connectivity index (χ1v) is 8.84. The lowest BCUT2D eigenvalue weighted by Gasteiger charge is -2.24. The first-order valence-electron chi connectivity index (χ1n) is 8.84. The van der Waals surface area contributed by atoms with Gasteiger partial charge in [0.15, 0.2) is 0 Å². The smallest absolute Gasteiger partial charge is 0.453 e. The number of carbonyl (C=O) groups excluding carboxylic acids is 1. The van der Waals surface area contributed by atoms with E-state index in [9.17, 15) is 26.7 Å². The molecular formula is C20H13F5N4O2. The number of alkyl halides is 3. The van der Waals surface area contributed by atoms with E-state index < -0.39 is 41.2 Å². The first-order chi connectivity index (χ1) is 14.7. The summed E-state index contributed by atoms with van der Waals surface area (Å²) >= 11 is 0. The van der Waals surface area contributed by atoms with Gasteiger partial charge < -0.3 is 10.1 Å². The zero-order chi connectivity index (χ0) is 22.3. The topological polar surface area (TPSA) is 69.0 Å². The molecule has 1 aliphatic rings. The molecule has 0 bridgehead atoms. The van der Waals surface area contributed by atoms with E-state index in [1.54, 1.807) is 0 Å². The quantitative estimate of drug-likeness (QED) is 0.487. The molecule has 31 heavy (non-hydrogen) atoms. The number of halogens is 5. The lowest BCUT2D eigenvalue weighted by atomic mass is 10.00. The van der Waals surface area contributed by atoms with E-state index in [-0.39, 0.29) is 17.2 Å². The van der Waals surface area contributed by atoms with Crippen molar-refractivity contribution in [1.29, 1.82) is 0 Å². The third-order valence-electron chi connectivity index (χ3n) is 4.62. The van der Waals surface area contributed by atoms with Gasteiger partial charge in [0.05, 0.1) is 23.9 Å². The van der Waals surface area contributed by atoms with Crippen LogP contribution in [0.25, 0.3) is 5.70 Å². The number of hydrogen-bond donors (Lipinski definition) is 1. The van der Waals surface area contributed by atoms with Crippen LogP contribution in [0.5, 0.6) is 0 Å². The van der Waals surface area contributed by atoms with Gasteiger partial charge in [0.1, 0.15) is 17.7 Å². The summed E-state index contributed by atoms with van der Waals surface area (Å²) in [6, 6.07) is 8.04. The molecule has 0 saturated carbocycles. The number of fused-ring (bicyclic) bond motifs is 1. The number of nitrogens with zero attached hydrogens (tertiary/aromatic N) is 3. The Kier molecular flexibility index (Phi) is 4.96. The van der Waals surface area contributed by atoms with Crippen LogP contribution < -0.4 is 5.32 Å². The van der Waals surface area contributed by atoms with Gasteiger partial charge in [-0.15, -0.1) is 5.10 Å². The SMILES string of the molecule is COC(=O)c1ccc([C@@H]2C=C(c3c(F)cccc3F)Nc3nc(C(F)(F)F)nn32)cc1. The Balaban J connectivity index is 1.85. The van der Waals surface area contributed by atoms with E-state index in [4.69, 9.17) is 0 Å². The Morgan fingerprint density at radius 2 is 1.74 bits per heavy atom.